The predicted octanol–water partition coefficient (Wildman–Crippen LogP) is 4.05. The topological polar surface area (TPSA) is 49.4 Å². The van der Waals surface area contributed by atoms with Gasteiger partial charge in [0.1, 0.15) is 0 Å². The Kier molecular flexibility index (Phi) is 6.60. The maximum atomic E-state index is 12.6. The lowest BCUT2D eigenvalue weighted by Crippen LogP contribution is -2.38. The Morgan fingerprint density at radius 3 is 2.22 bits per heavy atom. The minimum atomic E-state index is -4.44. The summed E-state index contributed by atoms with van der Waals surface area (Å²) >= 11 is 0. The van der Waals surface area contributed by atoms with Gasteiger partial charge in [-0.3, -0.25) is 9.59 Å². The van der Waals surface area contributed by atoms with Crippen molar-refractivity contribution in [1.82, 2.24) is 5.32 Å². The van der Waals surface area contributed by atoms with Gasteiger partial charge in [0.25, 0.3) is 5.91 Å². The van der Waals surface area contributed by atoms with Gasteiger partial charge in [-0.2, -0.15) is 13.2 Å². The minimum absolute atomic E-state index is 0.131. The van der Waals surface area contributed by atoms with E-state index in [-0.39, 0.29) is 24.6 Å². The van der Waals surface area contributed by atoms with E-state index in [0.29, 0.717) is 0 Å². The van der Waals surface area contributed by atoms with Crippen molar-refractivity contribution in [3.8, 4) is 0 Å². The van der Waals surface area contributed by atoms with Crippen molar-refractivity contribution in [2.45, 2.75) is 26.4 Å². The van der Waals surface area contributed by atoms with Crippen molar-refractivity contribution in [2.75, 3.05) is 18.0 Å². The van der Waals surface area contributed by atoms with Crippen molar-refractivity contribution in [2.24, 2.45) is 0 Å². The third-order valence-electron chi connectivity index (χ3n) is 4.14. The van der Waals surface area contributed by atoms with Gasteiger partial charge in [0.05, 0.1) is 5.56 Å². The first kappa shape index (κ1) is 20.5. The minimum Gasteiger partial charge on any atom is -0.350 e. The quantitative estimate of drug-likeness (QED) is 0.824. The number of amides is 2. The van der Waals surface area contributed by atoms with Crippen LogP contribution in [0.3, 0.4) is 0 Å². The third-order valence-corrected chi connectivity index (χ3v) is 4.14. The van der Waals surface area contributed by atoms with E-state index in [1.807, 2.05) is 31.2 Å². The maximum Gasteiger partial charge on any atom is 0.416 e. The van der Waals surface area contributed by atoms with E-state index in [0.717, 1.165) is 41.9 Å². The molecule has 0 atom stereocenters. The van der Waals surface area contributed by atoms with Crippen molar-refractivity contribution >= 4 is 17.5 Å². The molecule has 0 aliphatic heterocycles. The SMILES string of the molecule is CCc1ccccc1N(CCNC(=O)c1ccc(C(F)(F)F)cc1)C(C)=O. The molecule has 0 saturated carbocycles. The van der Waals surface area contributed by atoms with E-state index in [4.69, 9.17) is 0 Å². The molecule has 2 amide bonds. The normalized spacial score (nSPS) is 11.1. The van der Waals surface area contributed by atoms with Gasteiger partial charge in [-0.25, -0.2) is 0 Å². The second-order valence-corrected chi connectivity index (χ2v) is 5.98. The summed E-state index contributed by atoms with van der Waals surface area (Å²) in [6.07, 6.45) is -3.68. The number of hydrogen-bond donors (Lipinski definition) is 1. The number of halogens is 3. The van der Waals surface area contributed by atoms with Crippen LogP contribution in [0.25, 0.3) is 0 Å². The molecular weight excluding hydrogens is 357 g/mol. The van der Waals surface area contributed by atoms with Crippen molar-refractivity contribution in [3.63, 3.8) is 0 Å². The van der Waals surface area contributed by atoms with Crippen LogP contribution < -0.4 is 10.2 Å². The lowest BCUT2D eigenvalue weighted by Gasteiger charge is -2.24. The first-order chi connectivity index (χ1) is 12.7. The average molecular weight is 378 g/mol. The number of carbonyl (C=O) groups is 2. The number of anilines is 1. The summed E-state index contributed by atoms with van der Waals surface area (Å²) in [5.41, 5.74) is 1.13. The molecule has 27 heavy (non-hydrogen) atoms. The Bertz CT molecular complexity index is 802. The fourth-order valence-corrected chi connectivity index (χ4v) is 2.71. The van der Waals surface area contributed by atoms with Gasteiger partial charge in [-0.1, -0.05) is 25.1 Å². The molecule has 0 spiro atoms. The average Bonchev–Trinajstić information content (AvgIpc) is 2.64. The number of benzene rings is 2. The third kappa shape index (κ3) is 5.32. The van der Waals surface area contributed by atoms with Crippen LogP contribution in [0.2, 0.25) is 0 Å². The highest BCUT2D eigenvalue weighted by molar-refractivity contribution is 5.95. The van der Waals surface area contributed by atoms with Gasteiger partial charge in [-0.15, -0.1) is 0 Å². The van der Waals surface area contributed by atoms with Gasteiger partial charge in [0, 0.05) is 31.3 Å². The molecule has 144 valence electrons. The smallest absolute Gasteiger partial charge is 0.350 e. The van der Waals surface area contributed by atoms with Gasteiger partial charge in [0.2, 0.25) is 5.91 Å². The zero-order chi connectivity index (χ0) is 20.0. The van der Waals surface area contributed by atoms with Crippen LogP contribution in [0.4, 0.5) is 18.9 Å². The van der Waals surface area contributed by atoms with E-state index >= 15 is 0 Å². The molecule has 0 fully saturated rings. The highest BCUT2D eigenvalue weighted by atomic mass is 19.4. The highest BCUT2D eigenvalue weighted by Gasteiger charge is 2.30. The number of hydrogen-bond acceptors (Lipinski definition) is 2. The molecule has 4 nitrogen and oxygen atoms in total. The molecule has 0 bridgehead atoms. The summed E-state index contributed by atoms with van der Waals surface area (Å²) in [6, 6.07) is 11.5. The Labute approximate surface area is 156 Å². The summed E-state index contributed by atoms with van der Waals surface area (Å²) < 4.78 is 37.7. The van der Waals surface area contributed by atoms with E-state index in [9.17, 15) is 22.8 Å². The first-order valence-corrected chi connectivity index (χ1v) is 8.55. The maximum absolute atomic E-state index is 12.6. The molecular formula is C20H21F3N2O2. The lowest BCUT2D eigenvalue weighted by molar-refractivity contribution is -0.137. The molecule has 0 unspecified atom stereocenters. The van der Waals surface area contributed by atoms with E-state index in [1.165, 1.54) is 6.92 Å². The molecule has 2 rings (SSSR count). The lowest BCUT2D eigenvalue weighted by atomic mass is 10.1. The number of para-hydroxylation sites is 1. The number of carbonyl (C=O) groups excluding carboxylic acids is 2. The zero-order valence-corrected chi connectivity index (χ0v) is 15.1. The molecule has 7 heteroatoms. The van der Waals surface area contributed by atoms with Crippen LogP contribution in [-0.4, -0.2) is 24.9 Å². The van der Waals surface area contributed by atoms with Crippen molar-refractivity contribution < 1.29 is 22.8 Å². The molecule has 0 radical (unpaired) electrons. The van der Waals surface area contributed by atoms with Crippen LogP contribution in [0.1, 0.15) is 35.3 Å². The van der Waals surface area contributed by atoms with E-state index in [2.05, 4.69) is 5.32 Å². The number of aryl methyl sites for hydroxylation is 1. The van der Waals surface area contributed by atoms with Gasteiger partial charge >= 0.3 is 6.18 Å². The van der Waals surface area contributed by atoms with E-state index < -0.39 is 17.6 Å². The molecule has 0 aliphatic rings. The van der Waals surface area contributed by atoms with Crippen molar-refractivity contribution in [1.29, 1.82) is 0 Å². The number of alkyl halides is 3. The second kappa shape index (κ2) is 8.70. The van der Waals surface area contributed by atoms with Crippen LogP contribution in [0, 0.1) is 0 Å². The van der Waals surface area contributed by atoms with Gasteiger partial charge in [-0.05, 0) is 42.3 Å². The monoisotopic (exact) mass is 378 g/mol. The fourth-order valence-electron chi connectivity index (χ4n) is 2.71. The fraction of sp³-hybridized carbons (Fsp3) is 0.300. The number of rotatable bonds is 6. The van der Waals surface area contributed by atoms with E-state index in [1.54, 1.807) is 4.90 Å². The Morgan fingerprint density at radius 1 is 1.04 bits per heavy atom. The second-order valence-electron chi connectivity index (χ2n) is 5.98. The molecule has 2 aromatic carbocycles. The first-order valence-electron chi connectivity index (χ1n) is 8.55. The van der Waals surface area contributed by atoms with Gasteiger partial charge in [0.15, 0.2) is 0 Å². The summed E-state index contributed by atoms with van der Waals surface area (Å²) in [7, 11) is 0. The van der Waals surface area contributed by atoms with Crippen LogP contribution in [0.15, 0.2) is 48.5 Å². The highest BCUT2D eigenvalue weighted by Crippen LogP contribution is 2.29. The standard InChI is InChI=1S/C20H21F3N2O2/c1-3-15-6-4-5-7-18(15)25(14(2)26)13-12-24-19(27)16-8-10-17(11-9-16)20(21,22)23/h4-11H,3,12-13H2,1-2H3,(H,24,27). The van der Waals surface area contributed by atoms with Crippen molar-refractivity contribution in [3.05, 3.63) is 65.2 Å². The Hall–Kier alpha value is -2.83. The van der Waals surface area contributed by atoms with Crippen LogP contribution in [0.5, 0.6) is 0 Å². The largest absolute Gasteiger partial charge is 0.416 e. The predicted molar refractivity (Wildman–Crippen MR) is 97.6 cm³/mol. The summed E-state index contributed by atoms with van der Waals surface area (Å²) in [5.74, 6) is -0.643. The Morgan fingerprint density at radius 2 is 1.67 bits per heavy atom. The Balaban J connectivity index is 2.00. The van der Waals surface area contributed by atoms with Gasteiger partial charge < -0.3 is 10.2 Å². The molecule has 0 heterocycles. The summed E-state index contributed by atoms with van der Waals surface area (Å²) in [4.78, 5) is 25.7. The zero-order valence-electron chi connectivity index (χ0n) is 15.1. The van der Waals surface area contributed by atoms with Crippen LogP contribution >= 0.6 is 0 Å². The number of nitrogens with zero attached hydrogens (tertiary/aromatic N) is 1. The molecule has 0 aromatic heterocycles. The molecule has 0 saturated heterocycles. The molecule has 1 N–H and O–H groups in total. The summed E-state index contributed by atoms with van der Waals surface area (Å²) in [6.45, 7) is 3.88. The number of nitrogens with one attached hydrogen (secondary N) is 1. The van der Waals surface area contributed by atoms with Crippen LogP contribution in [-0.2, 0) is 17.4 Å². The molecule has 2 aromatic rings. The molecule has 0 aliphatic carbocycles. The summed E-state index contributed by atoms with van der Waals surface area (Å²) in [5, 5.41) is 2.64.